The second kappa shape index (κ2) is 10.2. The van der Waals surface area contributed by atoms with Gasteiger partial charge in [-0.3, -0.25) is 14.3 Å². The lowest BCUT2D eigenvalue weighted by molar-refractivity contribution is -0.119. The number of ether oxygens (including phenoxy) is 1. The highest BCUT2D eigenvalue weighted by atomic mass is 19.1. The Labute approximate surface area is 211 Å². The summed E-state index contributed by atoms with van der Waals surface area (Å²) in [5.74, 6) is -0.323. The Balaban J connectivity index is 1.36. The van der Waals surface area contributed by atoms with E-state index in [1.165, 1.54) is 6.07 Å². The number of hydrogen-bond acceptors (Lipinski definition) is 5. The number of carbonyl (C=O) groups excluding carboxylic acids is 2. The van der Waals surface area contributed by atoms with Crippen molar-refractivity contribution in [2.24, 2.45) is 11.8 Å². The van der Waals surface area contributed by atoms with Gasteiger partial charge < -0.3 is 20.7 Å². The largest absolute Gasteiger partial charge is 0.384 e. The van der Waals surface area contributed by atoms with E-state index in [0.29, 0.717) is 49.2 Å². The molecule has 36 heavy (non-hydrogen) atoms. The van der Waals surface area contributed by atoms with Crippen LogP contribution in [0.2, 0.25) is 0 Å². The van der Waals surface area contributed by atoms with E-state index in [0.717, 1.165) is 44.2 Å². The highest BCUT2D eigenvalue weighted by molar-refractivity contribution is 6.01. The minimum Gasteiger partial charge on any atom is -0.384 e. The van der Waals surface area contributed by atoms with E-state index in [1.54, 1.807) is 16.9 Å². The van der Waals surface area contributed by atoms with Crippen molar-refractivity contribution >= 4 is 23.2 Å². The van der Waals surface area contributed by atoms with Crippen LogP contribution in [-0.2, 0) is 21.5 Å². The van der Waals surface area contributed by atoms with E-state index in [4.69, 9.17) is 4.74 Å². The molecule has 1 saturated heterocycles. The Morgan fingerprint density at radius 1 is 1.25 bits per heavy atom. The number of amides is 2. The van der Waals surface area contributed by atoms with Gasteiger partial charge in [-0.25, -0.2) is 4.39 Å². The topological polar surface area (TPSA) is 97.3 Å². The molecule has 5 rings (SSSR count). The summed E-state index contributed by atoms with van der Waals surface area (Å²) in [6.45, 7) is 6.61. The molecule has 2 fully saturated rings. The molecule has 1 aromatic heterocycles. The molecule has 0 radical (unpaired) electrons. The fourth-order valence-corrected chi connectivity index (χ4v) is 6.13. The maximum Gasteiger partial charge on any atom is 0.270 e. The molecule has 1 spiro atoms. The number of nitrogens with one attached hydrogen (secondary N) is 3. The third-order valence-electron chi connectivity index (χ3n) is 8.30. The van der Waals surface area contributed by atoms with E-state index in [9.17, 15) is 9.59 Å². The van der Waals surface area contributed by atoms with Crippen molar-refractivity contribution in [3.8, 4) is 0 Å². The summed E-state index contributed by atoms with van der Waals surface area (Å²) in [4.78, 5) is 26.7. The second-order valence-electron chi connectivity index (χ2n) is 10.6. The summed E-state index contributed by atoms with van der Waals surface area (Å²) < 4.78 is 22.5. The van der Waals surface area contributed by atoms with Crippen molar-refractivity contribution < 1.29 is 18.7 Å². The van der Waals surface area contributed by atoms with E-state index in [1.807, 2.05) is 13.0 Å². The van der Waals surface area contributed by atoms with Crippen molar-refractivity contribution in [1.29, 1.82) is 0 Å². The number of halogens is 1. The molecule has 0 unspecified atom stereocenters. The molecule has 1 saturated carbocycles. The van der Waals surface area contributed by atoms with Crippen LogP contribution >= 0.6 is 0 Å². The first-order valence-corrected chi connectivity index (χ1v) is 13.2. The van der Waals surface area contributed by atoms with Crippen LogP contribution in [0.15, 0.2) is 24.4 Å². The molecule has 1 aliphatic carbocycles. The Bertz CT molecular complexity index is 1120. The van der Waals surface area contributed by atoms with Crippen LogP contribution in [0, 0.1) is 17.7 Å². The van der Waals surface area contributed by atoms with Gasteiger partial charge in [0.2, 0.25) is 5.91 Å². The van der Waals surface area contributed by atoms with Crippen LogP contribution in [0.1, 0.15) is 68.4 Å². The molecule has 1 aromatic carbocycles. The maximum absolute atomic E-state index is 15.4. The van der Waals surface area contributed by atoms with Gasteiger partial charge in [0.1, 0.15) is 17.6 Å². The molecule has 0 bridgehead atoms. The number of hydrogen-bond donors (Lipinski definition) is 3. The Kier molecular flexibility index (Phi) is 7.01. The number of nitrogens with zero attached hydrogens (tertiary/aromatic N) is 2. The van der Waals surface area contributed by atoms with Gasteiger partial charge in [-0.2, -0.15) is 5.10 Å². The minimum absolute atomic E-state index is 0.0195. The highest BCUT2D eigenvalue weighted by Crippen LogP contribution is 2.46. The van der Waals surface area contributed by atoms with Gasteiger partial charge in [-0.05, 0) is 62.6 Å². The normalized spacial score (nSPS) is 23.5. The molecule has 2 amide bonds. The number of aryl methyl sites for hydroxylation is 1. The number of rotatable bonds is 6. The average molecular weight is 498 g/mol. The van der Waals surface area contributed by atoms with Gasteiger partial charge in [-0.15, -0.1) is 0 Å². The lowest BCUT2D eigenvalue weighted by Gasteiger charge is -2.33. The van der Waals surface area contributed by atoms with Gasteiger partial charge in [-0.1, -0.05) is 19.8 Å². The minimum atomic E-state index is -0.712. The standard InChI is InChI=1S/C27H36FN5O3/c1-3-33-22(8-11-30-33)25(34)32-24(18-6-4-17(2)5-7-18)26(35)31-19-14-20(28)23-21(15-19)29-16-27(23)9-12-36-13-10-27/h8,11,14-15,17-18,24,29H,3-7,9-10,12-13,16H2,1-2H3,(H,31,35)(H,32,34)/t17-,18-,24-/m0/s1. The van der Waals surface area contributed by atoms with Gasteiger partial charge in [0, 0.05) is 54.9 Å². The lowest BCUT2D eigenvalue weighted by Crippen LogP contribution is -2.49. The summed E-state index contributed by atoms with van der Waals surface area (Å²) in [5, 5.41) is 13.4. The Hall–Kier alpha value is -2.94. The maximum atomic E-state index is 15.4. The zero-order chi connectivity index (χ0) is 25.3. The third kappa shape index (κ3) is 4.73. The summed E-state index contributed by atoms with van der Waals surface area (Å²) in [6.07, 6.45) is 6.88. The third-order valence-corrected chi connectivity index (χ3v) is 8.30. The molecule has 1 atom stereocenters. The fraction of sp³-hybridized carbons (Fsp3) is 0.593. The SMILES string of the molecule is CCn1nccc1C(=O)N[C@H](C(=O)Nc1cc(F)c2c(c1)NCC21CCOCC1)[C@H]1CC[C@H](C)CC1. The van der Waals surface area contributed by atoms with E-state index in [-0.39, 0.29) is 29.0 Å². The van der Waals surface area contributed by atoms with Crippen LogP contribution in [-0.4, -0.2) is 47.4 Å². The number of carbonyl (C=O) groups is 2. The molecule has 2 aromatic rings. The monoisotopic (exact) mass is 497 g/mol. The van der Waals surface area contributed by atoms with Crippen molar-refractivity contribution in [2.45, 2.75) is 70.4 Å². The molecular weight excluding hydrogens is 461 g/mol. The van der Waals surface area contributed by atoms with E-state index in [2.05, 4.69) is 28.0 Å². The van der Waals surface area contributed by atoms with Gasteiger partial charge in [0.25, 0.3) is 5.91 Å². The van der Waals surface area contributed by atoms with E-state index < -0.39 is 6.04 Å². The molecule has 3 heterocycles. The summed E-state index contributed by atoms with van der Waals surface area (Å²) >= 11 is 0. The molecule has 8 nitrogen and oxygen atoms in total. The van der Waals surface area contributed by atoms with Crippen LogP contribution in [0.3, 0.4) is 0 Å². The predicted octanol–water partition coefficient (Wildman–Crippen LogP) is 4.08. The van der Waals surface area contributed by atoms with Gasteiger partial charge >= 0.3 is 0 Å². The fourth-order valence-electron chi connectivity index (χ4n) is 6.13. The van der Waals surface area contributed by atoms with Crippen molar-refractivity contribution in [3.05, 3.63) is 41.5 Å². The molecule has 194 valence electrons. The summed E-state index contributed by atoms with van der Waals surface area (Å²) in [7, 11) is 0. The molecule has 2 aliphatic heterocycles. The van der Waals surface area contributed by atoms with Crippen LogP contribution < -0.4 is 16.0 Å². The van der Waals surface area contributed by atoms with Gasteiger partial charge in [0.05, 0.1) is 0 Å². The quantitative estimate of drug-likeness (QED) is 0.559. The number of fused-ring (bicyclic) bond motifs is 2. The Morgan fingerprint density at radius 3 is 2.72 bits per heavy atom. The smallest absolute Gasteiger partial charge is 0.270 e. The summed E-state index contributed by atoms with van der Waals surface area (Å²) in [6, 6.07) is 4.17. The molecular formula is C27H36FN5O3. The first kappa shape index (κ1) is 24.7. The van der Waals surface area contributed by atoms with E-state index >= 15 is 4.39 Å². The van der Waals surface area contributed by atoms with Crippen LogP contribution in [0.25, 0.3) is 0 Å². The van der Waals surface area contributed by atoms with Crippen molar-refractivity contribution in [2.75, 3.05) is 30.4 Å². The Morgan fingerprint density at radius 2 is 2.00 bits per heavy atom. The predicted molar refractivity (Wildman–Crippen MR) is 136 cm³/mol. The lowest BCUT2D eigenvalue weighted by atomic mass is 9.75. The zero-order valence-corrected chi connectivity index (χ0v) is 21.1. The van der Waals surface area contributed by atoms with Crippen LogP contribution in [0.4, 0.5) is 15.8 Å². The number of benzene rings is 1. The average Bonchev–Trinajstić information content (AvgIpc) is 3.49. The van der Waals surface area contributed by atoms with Crippen molar-refractivity contribution in [1.82, 2.24) is 15.1 Å². The highest BCUT2D eigenvalue weighted by Gasteiger charge is 2.43. The van der Waals surface area contributed by atoms with Crippen LogP contribution in [0.5, 0.6) is 0 Å². The molecule has 9 heteroatoms. The molecule has 3 N–H and O–H groups in total. The first-order chi connectivity index (χ1) is 17.4. The first-order valence-electron chi connectivity index (χ1n) is 13.2. The van der Waals surface area contributed by atoms with Gasteiger partial charge in [0.15, 0.2) is 0 Å². The number of aromatic nitrogens is 2. The summed E-state index contributed by atoms with van der Waals surface area (Å²) in [5.41, 5.74) is 2.00. The molecule has 3 aliphatic rings. The zero-order valence-electron chi connectivity index (χ0n) is 21.1. The van der Waals surface area contributed by atoms with Crippen molar-refractivity contribution in [3.63, 3.8) is 0 Å². The second-order valence-corrected chi connectivity index (χ2v) is 10.6. The number of anilines is 2.